The van der Waals surface area contributed by atoms with Crippen molar-refractivity contribution < 1.29 is 9.59 Å². The highest BCUT2D eigenvalue weighted by Crippen LogP contribution is 2.32. The summed E-state index contributed by atoms with van der Waals surface area (Å²) >= 11 is 1.73. The van der Waals surface area contributed by atoms with Crippen molar-refractivity contribution in [2.45, 2.75) is 46.2 Å². The number of carbonyl (C=O) groups excluding carboxylic acids is 2. The highest BCUT2D eigenvalue weighted by Gasteiger charge is 2.37. The largest absolute Gasteiger partial charge is 0.345 e. The predicted molar refractivity (Wildman–Crippen MR) is 76.1 cm³/mol. The molecule has 19 heavy (non-hydrogen) atoms. The maximum absolute atomic E-state index is 12.2. The first kappa shape index (κ1) is 14.1. The van der Waals surface area contributed by atoms with Crippen molar-refractivity contribution >= 4 is 23.2 Å². The highest BCUT2D eigenvalue weighted by molar-refractivity contribution is 7.12. The molecule has 1 saturated heterocycles. The Morgan fingerprint density at radius 3 is 2.68 bits per heavy atom. The van der Waals surface area contributed by atoms with Crippen molar-refractivity contribution in [3.05, 3.63) is 21.4 Å². The topological polar surface area (TPSA) is 49.4 Å². The lowest BCUT2D eigenvalue weighted by Gasteiger charge is -2.38. The fraction of sp³-hybridized carbons (Fsp3) is 0.571. The molecule has 104 valence electrons. The molecule has 0 bridgehead atoms. The van der Waals surface area contributed by atoms with E-state index in [1.165, 1.54) is 9.75 Å². The van der Waals surface area contributed by atoms with E-state index in [2.05, 4.69) is 25.2 Å². The Morgan fingerprint density at radius 2 is 2.16 bits per heavy atom. The summed E-state index contributed by atoms with van der Waals surface area (Å²) in [5, 5.41) is 2.66. The minimum absolute atomic E-state index is 0.00204. The average molecular weight is 280 g/mol. The van der Waals surface area contributed by atoms with Crippen LogP contribution >= 0.6 is 11.3 Å². The summed E-state index contributed by atoms with van der Waals surface area (Å²) in [5.74, 6) is -0.0410. The minimum Gasteiger partial charge on any atom is -0.345 e. The van der Waals surface area contributed by atoms with Crippen LogP contribution in [-0.4, -0.2) is 29.3 Å². The summed E-state index contributed by atoms with van der Waals surface area (Å²) in [5.41, 5.74) is 1.16. The first-order valence-corrected chi connectivity index (χ1v) is 7.43. The van der Waals surface area contributed by atoms with Crippen LogP contribution in [0.15, 0.2) is 6.07 Å². The first-order chi connectivity index (χ1) is 8.95. The van der Waals surface area contributed by atoms with Crippen LogP contribution in [0.5, 0.6) is 0 Å². The molecule has 1 fully saturated rings. The van der Waals surface area contributed by atoms with Crippen molar-refractivity contribution in [2.24, 2.45) is 0 Å². The minimum atomic E-state index is -0.351. The number of hydrogen-bond donors (Lipinski definition) is 1. The molecule has 0 spiro atoms. The zero-order valence-electron chi connectivity index (χ0n) is 11.8. The fourth-order valence-corrected chi connectivity index (χ4v) is 3.77. The van der Waals surface area contributed by atoms with Gasteiger partial charge in [-0.1, -0.05) is 6.92 Å². The van der Waals surface area contributed by atoms with Gasteiger partial charge >= 0.3 is 0 Å². The van der Waals surface area contributed by atoms with E-state index in [1.54, 1.807) is 16.2 Å². The van der Waals surface area contributed by atoms with Gasteiger partial charge in [0.15, 0.2) is 0 Å². The molecule has 0 saturated carbocycles. The molecule has 0 aromatic carbocycles. The standard InChI is InChI=1S/C14H20N2O2S/c1-5-12-14(18)15-7-13(17)16(12)9(3)11-6-8(2)19-10(11)4/h6,9,12H,5,7H2,1-4H3,(H,15,18). The van der Waals surface area contributed by atoms with Gasteiger partial charge in [0.2, 0.25) is 11.8 Å². The highest BCUT2D eigenvalue weighted by atomic mass is 32.1. The van der Waals surface area contributed by atoms with E-state index in [9.17, 15) is 9.59 Å². The third-order valence-corrected chi connectivity index (χ3v) is 4.66. The molecule has 2 rings (SSSR count). The second-order valence-electron chi connectivity index (χ2n) is 4.99. The number of thiophene rings is 1. The van der Waals surface area contributed by atoms with Gasteiger partial charge in [0.1, 0.15) is 6.04 Å². The molecule has 5 heteroatoms. The van der Waals surface area contributed by atoms with Gasteiger partial charge in [-0.15, -0.1) is 11.3 Å². The van der Waals surface area contributed by atoms with Gasteiger partial charge in [0.25, 0.3) is 0 Å². The lowest BCUT2D eigenvalue weighted by atomic mass is 10.0. The van der Waals surface area contributed by atoms with Crippen LogP contribution in [0.25, 0.3) is 0 Å². The Morgan fingerprint density at radius 1 is 1.47 bits per heavy atom. The number of aryl methyl sites for hydroxylation is 2. The number of amides is 2. The average Bonchev–Trinajstić information content (AvgIpc) is 2.70. The van der Waals surface area contributed by atoms with Crippen molar-refractivity contribution in [2.75, 3.05) is 6.54 Å². The number of carbonyl (C=O) groups is 2. The fourth-order valence-electron chi connectivity index (χ4n) is 2.76. The van der Waals surface area contributed by atoms with Crippen molar-refractivity contribution in [1.82, 2.24) is 10.2 Å². The molecule has 2 amide bonds. The summed E-state index contributed by atoms with van der Waals surface area (Å²) in [6, 6.07) is 1.72. The van der Waals surface area contributed by atoms with Gasteiger partial charge in [0, 0.05) is 9.75 Å². The normalized spacial score (nSPS) is 21.5. The summed E-state index contributed by atoms with van der Waals surface area (Å²) in [6.07, 6.45) is 0.643. The van der Waals surface area contributed by atoms with Crippen LogP contribution in [0.1, 0.15) is 41.6 Å². The Hall–Kier alpha value is -1.36. The number of rotatable bonds is 3. The molecule has 4 nitrogen and oxygen atoms in total. The summed E-state index contributed by atoms with van der Waals surface area (Å²) < 4.78 is 0. The number of nitrogens with one attached hydrogen (secondary N) is 1. The lowest BCUT2D eigenvalue weighted by Crippen LogP contribution is -2.58. The van der Waals surface area contributed by atoms with E-state index in [-0.39, 0.29) is 30.4 Å². The van der Waals surface area contributed by atoms with Gasteiger partial charge < -0.3 is 10.2 Å². The van der Waals surface area contributed by atoms with Gasteiger partial charge in [0.05, 0.1) is 12.6 Å². The van der Waals surface area contributed by atoms with E-state index in [4.69, 9.17) is 0 Å². The summed E-state index contributed by atoms with van der Waals surface area (Å²) in [4.78, 5) is 28.3. The molecule has 1 aromatic rings. The van der Waals surface area contributed by atoms with Gasteiger partial charge in [-0.25, -0.2) is 0 Å². The van der Waals surface area contributed by atoms with Crippen molar-refractivity contribution in [1.29, 1.82) is 0 Å². The monoisotopic (exact) mass is 280 g/mol. The van der Waals surface area contributed by atoms with Crippen LogP contribution in [0.2, 0.25) is 0 Å². The third kappa shape index (κ3) is 2.52. The van der Waals surface area contributed by atoms with Crippen molar-refractivity contribution in [3.63, 3.8) is 0 Å². The SMILES string of the molecule is CCC1C(=O)NCC(=O)N1C(C)c1cc(C)sc1C. The van der Waals surface area contributed by atoms with Crippen LogP contribution in [0.4, 0.5) is 0 Å². The maximum Gasteiger partial charge on any atom is 0.243 e. The number of nitrogens with zero attached hydrogens (tertiary/aromatic N) is 1. The molecule has 2 unspecified atom stereocenters. The zero-order chi connectivity index (χ0) is 14.2. The molecular weight excluding hydrogens is 260 g/mol. The smallest absolute Gasteiger partial charge is 0.243 e. The van der Waals surface area contributed by atoms with Gasteiger partial charge in [-0.05, 0) is 38.8 Å². The molecule has 1 aliphatic heterocycles. The van der Waals surface area contributed by atoms with E-state index in [0.717, 1.165) is 5.56 Å². The van der Waals surface area contributed by atoms with E-state index in [0.29, 0.717) is 6.42 Å². The maximum atomic E-state index is 12.2. The Labute approximate surface area is 117 Å². The zero-order valence-corrected chi connectivity index (χ0v) is 12.6. The molecule has 0 aliphatic carbocycles. The molecule has 2 heterocycles. The van der Waals surface area contributed by atoms with E-state index < -0.39 is 0 Å². The van der Waals surface area contributed by atoms with Gasteiger partial charge in [-0.3, -0.25) is 9.59 Å². The lowest BCUT2D eigenvalue weighted by molar-refractivity contribution is -0.148. The number of hydrogen-bond acceptors (Lipinski definition) is 3. The molecule has 1 aliphatic rings. The Balaban J connectivity index is 2.34. The molecule has 1 N–H and O–H groups in total. The van der Waals surface area contributed by atoms with Gasteiger partial charge in [-0.2, -0.15) is 0 Å². The molecule has 1 aromatic heterocycles. The van der Waals surface area contributed by atoms with Crippen molar-refractivity contribution in [3.8, 4) is 0 Å². The molecule has 0 radical (unpaired) electrons. The van der Waals surface area contributed by atoms with Crippen LogP contribution in [0.3, 0.4) is 0 Å². The van der Waals surface area contributed by atoms with Crippen LogP contribution in [-0.2, 0) is 9.59 Å². The van der Waals surface area contributed by atoms with E-state index in [1.807, 2.05) is 13.8 Å². The first-order valence-electron chi connectivity index (χ1n) is 6.61. The molecular formula is C14H20N2O2S. The second-order valence-corrected chi connectivity index (χ2v) is 6.45. The number of piperazine rings is 1. The second kappa shape index (κ2) is 5.33. The third-order valence-electron chi connectivity index (χ3n) is 3.67. The summed E-state index contributed by atoms with van der Waals surface area (Å²) in [7, 11) is 0. The Bertz CT molecular complexity index is 510. The predicted octanol–water partition coefficient (Wildman–Crippen LogP) is 2.16. The quantitative estimate of drug-likeness (QED) is 0.922. The van der Waals surface area contributed by atoms with Crippen LogP contribution in [0, 0.1) is 13.8 Å². The summed E-state index contributed by atoms with van der Waals surface area (Å²) in [6.45, 7) is 8.19. The van der Waals surface area contributed by atoms with Crippen LogP contribution < -0.4 is 5.32 Å². The molecule has 2 atom stereocenters. The Kier molecular flexibility index (Phi) is 3.94. The van der Waals surface area contributed by atoms with E-state index >= 15 is 0 Å².